The summed E-state index contributed by atoms with van der Waals surface area (Å²) in [4.78, 5) is 13.1. The van der Waals surface area contributed by atoms with Crippen LogP contribution in [0.5, 0.6) is 0 Å². The molecule has 2 N–H and O–H groups in total. The number of amides is 1. The topological polar surface area (TPSA) is 97.3 Å². The molecule has 3 aromatic heterocycles. The number of fused-ring (bicyclic) bond motifs is 1. The molecule has 0 atom stereocenters. The molecular formula is C25H18Cl2N6O2S2. The summed E-state index contributed by atoms with van der Waals surface area (Å²) in [5.74, 6) is 1.42. The van der Waals surface area contributed by atoms with Crippen LogP contribution in [0.2, 0.25) is 10.0 Å². The second-order valence-electron chi connectivity index (χ2n) is 7.73. The Kier molecular flexibility index (Phi) is 7.33. The van der Waals surface area contributed by atoms with Crippen molar-refractivity contribution in [3.05, 3.63) is 82.3 Å². The molecule has 0 unspecified atom stereocenters. The lowest BCUT2D eigenvalue weighted by Gasteiger charge is -2.09. The van der Waals surface area contributed by atoms with Gasteiger partial charge in [-0.1, -0.05) is 59.7 Å². The zero-order chi connectivity index (χ0) is 25.9. The van der Waals surface area contributed by atoms with E-state index in [1.165, 1.54) is 17.4 Å². The molecule has 1 amide bonds. The Morgan fingerprint density at radius 3 is 2.84 bits per heavy atom. The first-order valence-electron chi connectivity index (χ1n) is 11.1. The number of carbonyl (C=O) groups excluding carboxylic acids is 1. The van der Waals surface area contributed by atoms with Crippen LogP contribution in [0.4, 0.5) is 5.69 Å². The molecule has 0 aliphatic carbocycles. The molecule has 0 bridgehead atoms. The van der Waals surface area contributed by atoms with Gasteiger partial charge in [0.25, 0.3) is 0 Å². The van der Waals surface area contributed by atoms with E-state index in [2.05, 4.69) is 25.9 Å². The number of hydrogen-bond donors (Lipinski definition) is 2. The highest BCUT2D eigenvalue weighted by atomic mass is 35.5. The van der Waals surface area contributed by atoms with Gasteiger partial charge in [-0.2, -0.15) is 9.61 Å². The smallest absolute Gasteiger partial charge is 0.250 e. The summed E-state index contributed by atoms with van der Waals surface area (Å²) >= 11 is 19.1. The Bertz CT molecular complexity index is 1660. The van der Waals surface area contributed by atoms with E-state index in [0.29, 0.717) is 32.8 Å². The van der Waals surface area contributed by atoms with Crippen LogP contribution in [0.25, 0.3) is 32.9 Å². The number of benzene rings is 2. The SMILES string of the molecule is CCc1nnc2sc(-c3cccc(NC(=S)NC(=O)/C=C/c4ccc(-c5cccc(Cl)c5Cl)o4)c3)nn12. The van der Waals surface area contributed by atoms with Gasteiger partial charge in [0, 0.05) is 29.3 Å². The fourth-order valence-corrected chi connectivity index (χ4v) is 4.95. The zero-order valence-corrected chi connectivity index (χ0v) is 22.4. The third-order valence-corrected chi connectivity index (χ3v) is 7.19. The molecule has 0 radical (unpaired) electrons. The summed E-state index contributed by atoms with van der Waals surface area (Å²) < 4.78 is 7.52. The molecule has 0 aliphatic rings. The highest BCUT2D eigenvalue weighted by molar-refractivity contribution is 7.80. The summed E-state index contributed by atoms with van der Waals surface area (Å²) in [7, 11) is 0. The summed E-state index contributed by atoms with van der Waals surface area (Å²) in [6.45, 7) is 2.01. The molecular weight excluding hydrogens is 551 g/mol. The third kappa shape index (κ3) is 5.57. The van der Waals surface area contributed by atoms with Crippen molar-refractivity contribution in [1.82, 2.24) is 25.1 Å². The number of hydrogen-bond acceptors (Lipinski definition) is 7. The minimum Gasteiger partial charge on any atom is -0.457 e. The lowest BCUT2D eigenvalue weighted by atomic mass is 10.2. The van der Waals surface area contributed by atoms with E-state index in [9.17, 15) is 4.79 Å². The van der Waals surface area contributed by atoms with Crippen molar-refractivity contribution < 1.29 is 9.21 Å². The van der Waals surface area contributed by atoms with Crippen molar-refractivity contribution in [3.8, 4) is 21.9 Å². The van der Waals surface area contributed by atoms with Gasteiger partial charge in [-0.05, 0) is 54.7 Å². The molecule has 5 rings (SSSR count). The average Bonchev–Trinajstić information content (AvgIpc) is 3.61. The van der Waals surface area contributed by atoms with Gasteiger partial charge in [-0.25, -0.2) is 0 Å². The number of aromatic nitrogens is 4. The van der Waals surface area contributed by atoms with E-state index in [-0.39, 0.29) is 5.11 Å². The Morgan fingerprint density at radius 2 is 2.00 bits per heavy atom. The van der Waals surface area contributed by atoms with Crippen LogP contribution >= 0.6 is 46.8 Å². The minimum atomic E-state index is -0.409. The van der Waals surface area contributed by atoms with Gasteiger partial charge in [0.05, 0.1) is 10.0 Å². The lowest BCUT2D eigenvalue weighted by molar-refractivity contribution is -0.115. The molecule has 0 saturated carbocycles. The maximum Gasteiger partial charge on any atom is 0.250 e. The van der Waals surface area contributed by atoms with E-state index >= 15 is 0 Å². The van der Waals surface area contributed by atoms with Gasteiger partial charge in [-0.3, -0.25) is 10.1 Å². The van der Waals surface area contributed by atoms with E-state index in [1.54, 1.807) is 40.9 Å². The van der Waals surface area contributed by atoms with Gasteiger partial charge < -0.3 is 9.73 Å². The van der Waals surface area contributed by atoms with Crippen molar-refractivity contribution in [1.29, 1.82) is 0 Å². The van der Waals surface area contributed by atoms with Gasteiger partial charge in [0.2, 0.25) is 10.9 Å². The standard InChI is InChI=1S/C25H18Cl2N6O2S2/c1-2-20-30-31-25-33(20)32-23(37-25)14-5-3-6-15(13-14)28-24(36)29-21(34)12-10-16-9-11-19(35-16)17-7-4-8-18(26)22(17)27/h3-13H,2H2,1H3,(H2,28,29,34,36)/b12-10+. The van der Waals surface area contributed by atoms with Crippen LogP contribution in [0, 0.1) is 0 Å². The zero-order valence-electron chi connectivity index (χ0n) is 19.2. The number of furan rings is 1. The van der Waals surface area contributed by atoms with Gasteiger partial charge in [0.15, 0.2) is 10.9 Å². The quantitative estimate of drug-likeness (QED) is 0.178. The largest absolute Gasteiger partial charge is 0.457 e. The number of halogens is 2. The van der Waals surface area contributed by atoms with Gasteiger partial charge in [-0.15, -0.1) is 10.2 Å². The fourth-order valence-electron chi connectivity index (χ4n) is 3.48. The van der Waals surface area contributed by atoms with E-state index in [0.717, 1.165) is 27.8 Å². The second-order valence-corrected chi connectivity index (χ2v) is 9.88. The van der Waals surface area contributed by atoms with Gasteiger partial charge >= 0.3 is 0 Å². The summed E-state index contributed by atoms with van der Waals surface area (Å²) in [5.41, 5.74) is 2.27. The molecule has 0 aliphatic heterocycles. The van der Waals surface area contributed by atoms with Crippen molar-refractivity contribution in [2.75, 3.05) is 5.32 Å². The van der Waals surface area contributed by atoms with Crippen molar-refractivity contribution in [2.45, 2.75) is 13.3 Å². The number of rotatable bonds is 6. The highest BCUT2D eigenvalue weighted by Crippen LogP contribution is 2.34. The molecule has 0 fully saturated rings. The molecule has 0 saturated heterocycles. The summed E-state index contributed by atoms with van der Waals surface area (Å²) in [6, 6.07) is 16.4. The second kappa shape index (κ2) is 10.8. The number of thiocarbonyl (C=S) groups is 1. The molecule has 3 heterocycles. The normalized spacial score (nSPS) is 11.3. The Balaban J connectivity index is 1.21. The Hall–Kier alpha value is -3.57. The Labute approximate surface area is 230 Å². The van der Waals surface area contributed by atoms with Crippen LogP contribution < -0.4 is 10.6 Å². The number of anilines is 1. The predicted molar refractivity (Wildman–Crippen MR) is 151 cm³/mol. The summed E-state index contributed by atoms with van der Waals surface area (Å²) in [5, 5.41) is 20.3. The van der Waals surface area contributed by atoms with Crippen LogP contribution in [-0.2, 0) is 11.2 Å². The summed E-state index contributed by atoms with van der Waals surface area (Å²) in [6.07, 6.45) is 3.61. The minimum absolute atomic E-state index is 0.157. The predicted octanol–water partition coefficient (Wildman–Crippen LogP) is 6.51. The monoisotopic (exact) mass is 568 g/mol. The van der Waals surface area contributed by atoms with Crippen LogP contribution in [-0.4, -0.2) is 30.8 Å². The van der Waals surface area contributed by atoms with Crippen molar-refractivity contribution >= 4 is 74.5 Å². The molecule has 8 nitrogen and oxygen atoms in total. The fraction of sp³-hybridized carbons (Fsp3) is 0.0800. The van der Waals surface area contributed by atoms with Crippen LogP contribution in [0.15, 0.2) is 65.1 Å². The lowest BCUT2D eigenvalue weighted by Crippen LogP contribution is -2.32. The molecule has 37 heavy (non-hydrogen) atoms. The van der Waals surface area contributed by atoms with Crippen LogP contribution in [0.3, 0.4) is 0 Å². The number of nitrogens with one attached hydrogen (secondary N) is 2. The van der Waals surface area contributed by atoms with Crippen LogP contribution in [0.1, 0.15) is 18.5 Å². The number of nitrogens with zero attached hydrogens (tertiary/aromatic N) is 4. The number of carbonyl (C=O) groups is 1. The third-order valence-electron chi connectivity index (χ3n) is 5.22. The van der Waals surface area contributed by atoms with Crippen molar-refractivity contribution in [2.24, 2.45) is 0 Å². The molecule has 186 valence electrons. The molecule has 5 aromatic rings. The van der Waals surface area contributed by atoms with E-state index in [1.807, 2.05) is 31.2 Å². The molecule has 0 spiro atoms. The maximum absolute atomic E-state index is 12.4. The first kappa shape index (κ1) is 25.1. The molecule has 12 heteroatoms. The van der Waals surface area contributed by atoms with E-state index in [4.69, 9.17) is 39.8 Å². The number of aryl methyl sites for hydroxylation is 1. The van der Waals surface area contributed by atoms with Gasteiger partial charge in [0.1, 0.15) is 16.5 Å². The first-order chi connectivity index (χ1) is 17.9. The molecule has 2 aromatic carbocycles. The highest BCUT2D eigenvalue weighted by Gasteiger charge is 2.13. The van der Waals surface area contributed by atoms with Crippen molar-refractivity contribution in [3.63, 3.8) is 0 Å². The average molecular weight is 569 g/mol. The maximum atomic E-state index is 12.4. The Morgan fingerprint density at radius 1 is 1.16 bits per heavy atom. The van der Waals surface area contributed by atoms with E-state index < -0.39 is 5.91 Å². The first-order valence-corrected chi connectivity index (χ1v) is 13.0.